The number of amides is 4. The predicted molar refractivity (Wildman–Crippen MR) is 150 cm³/mol. The predicted octanol–water partition coefficient (Wildman–Crippen LogP) is 0.169. The first-order chi connectivity index (χ1) is 19.2. The van der Waals surface area contributed by atoms with Crippen LogP contribution >= 0.6 is 0 Å². The Morgan fingerprint density at radius 3 is 1.78 bits per heavy atom. The highest BCUT2D eigenvalue weighted by Crippen LogP contribution is 2.10. The molecule has 1 aromatic rings. The van der Waals surface area contributed by atoms with Crippen LogP contribution in [0.2, 0.25) is 0 Å². The van der Waals surface area contributed by atoms with Gasteiger partial charge in [0.15, 0.2) is 0 Å². The van der Waals surface area contributed by atoms with Gasteiger partial charge in [0.2, 0.25) is 23.6 Å². The molecule has 228 valence electrons. The summed E-state index contributed by atoms with van der Waals surface area (Å²) in [6, 6.07) is 4.28. The second-order valence-corrected chi connectivity index (χ2v) is 10.8. The van der Waals surface area contributed by atoms with Crippen LogP contribution in [0.25, 0.3) is 0 Å². The zero-order valence-corrected chi connectivity index (χ0v) is 24.0. The topological polar surface area (TPSA) is 217 Å². The molecule has 0 fully saturated rings. The van der Waals surface area contributed by atoms with Gasteiger partial charge in [0.25, 0.3) is 0 Å². The number of nitrogens with two attached hydrogens (primary N) is 1. The van der Waals surface area contributed by atoms with Crippen LogP contribution in [0.5, 0.6) is 0 Å². The lowest BCUT2D eigenvalue weighted by atomic mass is 10.0. The fraction of sp³-hybridized carbons (Fsp3) is 0.571. The smallest absolute Gasteiger partial charge is 0.322 e. The number of hydrogen-bond acceptors (Lipinski definition) is 7. The first-order valence-corrected chi connectivity index (χ1v) is 13.6. The molecule has 0 radical (unpaired) electrons. The summed E-state index contributed by atoms with van der Waals surface area (Å²) in [6.07, 6.45) is -0.0916. The molecule has 4 atom stereocenters. The first kappa shape index (κ1) is 35.0. The molecular formula is C28H43N5O8. The minimum atomic E-state index is -1.28. The van der Waals surface area contributed by atoms with Gasteiger partial charge in [-0.05, 0) is 36.7 Å². The summed E-state index contributed by atoms with van der Waals surface area (Å²) >= 11 is 0. The van der Waals surface area contributed by atoms with Crippen molar-refractivity contribution < 1.29 is 39.0 Å². The number of nitrogens with one attached hydrogen (secondary N) is 4. The second kappa shape index (κ2) is 17.6. The monoisotopic (exact) mass is 577 g/mol. The van der Waals surface area contributed by atoms with Crippen molar-refractivity contribution >= 4 is 35.6 Å². The van der Waals surface area contributed by atoms with Crippen molar-refractivity contribution in [2.45, 2.75) is 84.0 Å². The Labute approximate surface area is 240 Å². The van der Waals surface area contributed by atoms with E-state index < -0.39 is 72.7 Å². The normalized spacial score (nSPS) is 13.9. The number of carboxylic acid groups (broad SMARTS) is 2. The van der Waals surface area contributed by atoms with Crippen molar-refractivity contribution in [1.29, 1.82) is 0 Å². The molecule has 13 nitrogen and oxygen atoms in total. The third-order valence-electron chi connectivity index (χ3n) is 6.01. The van der Waals surface area contributed by atoms with Gasteiger partial charge in [-0.25, -0.2) is 0 Å². The van der Waals surface area contributed by atoms with Gasteiger partial charge in [0, 0.05) is 12.8 Å². The van der Waals surface area contributed by atoms with Gasteiger partial charge < -0.3 is 37.2 Å². The largest absolute Gasteiger partial charge is 0.481 e. The Bertz CT molecular complexity index is 1050. The zero-order chi connectivity index (χ0) is 31.1. The molecule has 0 bridgehead atoms. The van der Waals surface area contributed by atoms with Gasteiger partial charge in [0.05, 0.1) is 6.04 Å². The van der Waals surface area contributed by atoms with Gasteiger partial charge in [-0.15, -0.1) is 0 Å². The maximum atomic E-state index is 13.4. The molecule has 0 aliphatic carbocycles. The van der Waals surface area contributed by atoms with Crippen LogP contribution in [-0.2, 0) is 35.2 Å². The van der Waals surface area contributed by atoms with Crippen molar-refractivity contribution in [1.82, 2.24) is 21.3 Å². The molecule has 1 rings (SSSR count). The molecular weight excluding hydrogens is 534 g/mol. The van der Waals surface area contributed by atoms with E-state index in [2.05, 4.69) is 21.3 Å². The number of rotatable bonds is 18. The minimum absolute atomic E-state index is 0.0238. The fourth-order valence-corrected chi connectivity index (χ4v) is 4.02. The minimum Gasteiger partial charge on any atom is -0.481 e. The van der Waals surface area contributed by atoms with Crippen LogP contribution in [-0.4, -0.2) is 76.5 Å². The number of benzene rings is 1. The van der Waals surface area contributed by atoms with Gasteiger partial charge in [-0.3, -0.25) is 28.8 Å². The van der Waals surface area contributed by atoms with Gasteiger partial charge in [-0.2, -0.15) is 0 Å². The average molecular weight is 578 g/mol. The number of carboxylic acids is 2. The molecule has 13 heteroatoms. The van der Waals surface area contributed by atoms with Crippen LogP contribution in [0.1, 0.15) is 58.9 Å². The van der Waals surface area contributed by atoms with Crippen molar-refractivity contribution in [3.63, 3.8) is 0 Å². The van der Waals surface area contributed by atoms with Crippen LogP contribution in [0.4, 0.5) is 0 Å². The SMILES string of the molecule is CC(C)C[C@H](NC(=O)[C@H](Cc1ccccc1)NC(=O)[C@H](CCC(=O)O)NC(=O)[C@@H](N)CC(C)C)C(=O)NCC(=O)O. The van der Waals surface area contributed by atoms with Gasteiger partial charge >= 0.3 is 11.9 Å². The lowest BCUT2D eigenvalue weighted by molar-refractivity contribution is -0.139. The maximum absolute atomic E-state index is 13.4. The fourth-order valence-electron chi connectivity index (χ4n) is 4.02. The van der Waals surface area contributed by atoms with E-state index in [0.717, 1.165) is 0 Å². The Balaban J connectivity index is 3.21. The summed E-state index contributed by atoms with van der Waals surface area (Å²) in [5.41, 5.74) is 6.63. The van der Waals surface area contributed by atoms with E-state index in [9.17, 15) is 28.8 Å². The number of aliphatic carboxylic acids is 2. The van der Waals surface area contributed by atoms with Crippen molar-refractivity contribution in [2.24, 2.45) is 17.6 Å². The number of hydrogen-bond donors (Lipinski definition) is 7. The Morgan fingerprint density at radius 2 is 1.24 bits per heavy atom. The molecule has 0 aromatic heterocycles. The second-order valence-electron chi connectivity index (χ2n) is 10.8. The molecule has 41 heavy (non-hydrogen) atoms. The highest BCUT2D eigenvalue weighted by Gasteiger charge is 2.31. The summed E-state index contributed by atoms with van der Waals surface area (Å²) in [5.74, 6) is -5.17. The molecule has 0 spiro atoms. The Kier molecular flexibility index (Phi) is 15.1. The molecule has 8 N–H and O–H groups in total. The van der Waals surface area contributed by atoms with E-state index in [4.69, 9.17) is 15.9 Å². The molecule has 0 heterocycles. The van der Waals surface area contributed by atoms with Gasteiger partial charge in [0.1, 0.15) is 24.7 Å². The van der Waals surface area contributed by atoms with E-state index in [-0.39, 0.29) is 31.1 Å². The van der Waals surface area contributed by atoms with Gasteiger partial charge in [-0.1, -0.05) is 58.0 Å². The highest BCUT2D eigenvalue weighted by molar-refractivity contribution is 5.95. The number of carbonyl (C=O) groups is 6. The molecule has 0 aliphatic rings. The summed E-state index contributed by atoms with van der Waals surface area (Å²) in [5, 5.41) is 28.0. The van der Waals surface area contributed by atoms with Crippen LogP contribution in [0.15, 0.2) is 30.3 Å². The summed E-state index contributed by atoms with van der Waals surface area (Å²) < 4.78 is 0. The van der Waals surface area contributed by atoms with Crippen molar-refractivity contribution in [3.05, 3.63) is 35.9 Å². The molecule has 0 unspecified atom stereocenters. The number of carbonyl (C=O) groups excluding carboxylic acids is 4. The zero-order valence-electron chi connectivity index (χ0n) is 24.0. The first-order valence-electron chi connectivity index (χ1n) is 13.6. The average Bonchev–Trinajstić information content (AvgIpc) is 2.88. The summed E-state index contributed by atoms with van der Waals surface area (Å²) in [4.78, 5) is 74.2. The maximum Gasteiger partial charge on any atom is 0.322 e. The van der Waals surface area contributed by atoms with E-state index in [0.29, 0.717) is 12.0 Å². The lowest BCUT2D eigenvalue weighted by Gasteiger charge is -2.26. The summed E-state index contributed by atoms with van der Waals surface area (Å²) in [7, 11) is 0. The third kappa shape index (κ3) is 14.3. The van der Waals surface area contributed by atoms with E-state index in [1.165, 1.54) is 0 Å². The highest BCUT2D eigenvalue weighted by atomic mass is 16.4. The van der Waals surface area contributed by atoms with E-state index >= 15 is 0 Å². The van der Waals surface area contributed by atoms with Crippen molar-refractivity contribution in [3.8, 4) is 0 Å². The molecule has 0 saturated heterocycles. The van der Waals surface area contributed by atoms with E-state index in [1.54, 1.807) is 30.3 Å². The molecule has 0 saturated carbocycles. The quantitative estimate of drug-likeness (QED) is 0.126. The Hall–Kier alpha value is -4.00. The van der Waals surface area contributed by atoms with Crippen LogP contribution < -0.4 is 27.0 Å². The summed E-state index contributed by atoms with van der Waals surface area (Å²) in [6.45, 7) is 6.78. The van der Waals surface area contributed by atoms with Crippen LogP contribution in [0, 0.1) is 11.8 Å². The lowest BCUT2D eigenvalue weighted by Crippen LogP contribution is -2.58. The Morgan fingerprint density at radius 1 is 0.707 bits per heavy atom. The standard InChI is InChI=1S/C28H43N5O8/c1-16(2)12-19(29)25(38)31-20(10-11-23(34)35)27(40)33-22(14-18-8-6-5-7-9-18)28(41)32-21(13-17(3)4)26(39)30-15-24(36)37/h5-9,16-17,19-22H,10-15,29H2,1-4H3,(H,30,39)(H,31,38)(H,32,41)(H,33,40)(H,34,35)(H,36,37)/t19-,20-,21-,22-/m0/s1. The molecule has 4 amide bonds. The molecule has 1 aromatic carbocycles. The molecule has 0 aliphatic heterocycles. The van der Waals surface area contributed by atoms with Crippen molar-refractivity contribution in [2.75, 3.05) is 6.54 Å². The third-order valence-corrected chi connectivity index (χ3v) is 6.01. The van der Waals surface area contributed by atoms with Crippen LogP contribution in [0.3, 0.4) is 0 Å². The van der Waals surface area contributed by atoms with E-state index in [1.807, 2.05) is 27.7 Å².